The van der Waals surface area contributed by atoms with Crippen LogP contribution in [-0.2, 0) is 4.74 Å². The second kappa shape index (κ2) is 7.35. The van der Waals surface area contributed by atoms with E-state index in [1.54, 1.807) is 6.92 Å². The number of hydrogen-bond acceptors (Lipinski definition) is 6. The Labute approximate surface area is 160 Å². The maximum atomic E-state index is 11.8. The summed E-state index contributed by atoms with van der Waals surface area (Å²) >= 11 is 0. The van der Waals surface area contributed by atoms with Crippen molar-refractivity contribution in [2.24, 2.45) is 0 Å². The van der Waals surface area contributed by atoms with Crippen LogP contribution in [0.1, 0.15) is 48.2 Å². The minimum Gasteiger partial charge on any atom is -0.461 e. The highest BCUT2D eigenvalue weighted by Crippen LogP contribution is 2.44. The highest BCUT2D eigenvalue weighted by Gasteiger charge is 2.46. The summed E-state index contributed by atoms with van der Waals surface area (Å²) in [6, 6.07) is 11.4. The molecule has 0 N–H and O–H groups in total. The van der Waals surface area contributed by atoms with Gasteiger partial charge in [-0.25, -0.2) is 4.79 Å². The molecule has 0 unspecified atom stereocenters. The minimum atomic E-state index is -0.429. The fraction of sp³-hybridized carbons (Fsp3) is 0.524. The number of aromatic nitrogens is 1. The van der Waals surface area contributed by atoms with Gasteiger partial charge in [-0.15, -0.1) is 0 Å². The number of carbonyl (C=O) groups excluding carboxylic acids is 1. The van der Waals surface area contributed by atoms with E-state index in [1.807, 2.05) is 0 Å². The SMILES string of the molecule is CCOC(=O)c1coc(N2CCC3(CC2)C[C@H](c2ccccc2)CN3C)n1. The number of esters is 1. The van der Waals surface area contributed by atoms with Gasteiger partial charge in [0.15, 0.2) is 5.69 Å². The second-order valence-corrected chi connectivity index (χ2v) is 7.64. The smallest absolute Gasteiger partial charge is 0.360 e. The molecule has 0 amide bonds. The Bertz CT molecular complexity index is 781. The van der Waals surface area contributed by atoms with E-state index in [0.29, 0.717) is 18.5 Å². The molecule has 4 rings (SSSR count). The van der Waals surface area contributed by atoms with Crippen molar-refractivity contribution < 1.29 is 13.9 Å². The summed E-state index contributed by atoms with van der Waals surface area (Å²) in [5, 5.41) is 0. The Morgan fingerprint density at radius 1 is 1.30 bits per heavy atom. The zero-order valence-electron chi connectivity index (χ0n) is 16.1. The summed E-state index contributed by atoms with van der Waals surface area (Å²) in [6.45, 7) is 4.99. The third kappa shape index (κ3) is 3.46. The highest BCUT2D eigenvalue weighted by molar-refractivity contribution is 5.87. The molecular weight excluding hydrogens is 342 g/mol. The molecule has 6 heteroatoms. The number of benzene rings is 1. The molecule has 1 atom stereocenters. The van der Waals surface area contributed by atoms with Crippen molar-refractivity contribution in [3.63, 3.8) is 0 Å². The lowest BCUT2D eigenvalue weighted by Crippen LogP contribution is -2.50. The lowest BCUT2D eigenvalue weighted by atomic mass is 9.81. The Hall–Kier alpha value is -2.34. The molecule has 1 aromatic heterocycles. The van der Waals surface area contributed by atoms with Gasteiger partial charge >= 0.3 is 5.97 Å². The number of likely N-dealkylation sites (tertiary alicyclic amines) is 1. The molecule has 3 heterocycles. The molecule has 2 saturated heterocycles. The van der Waals surface area contributed by atoms with Crippen molar-refractivity contribution in [3.8, 4) is 0 Å². The van der Waals surface area contributed by atoms with Gasteiger partial charge in [-0.3, -0.25) is 4.90 Å². The van der Waals surface area contributed by atoms with Crippen molar-refractivity contribution >= 4 is 12.0 Å². The maximum absolute atomic E-state index is 11.8. The van der Waals surface area contributed by atoms with E-state index in [0.717, 1.165) is 32.5 Å². The van der Waals surface area contributed by atoms with E-state index in [9.17, 15) is 4.79 Å². The van der Waals surface area contributed by atoms with Crippen LogP contribution in [0.4, 0.5) is 6.01 Å². The molecule has 0 saturated carbocycles. The molecule has 2 fully saturated rings. The molecule has 1 aromatic carbocycles. The maximum Gasteiger partial charge on any atom is 0.360 e. The molecule has 0 radical (unpaired) electrons. The van der Waals surface area contributed by atoms with Crippen LogP contribution in [-0.4, -0.2) is 54.7 Å². The van der Waals surface area contributed by atoms with Gasteiger partial charge in [0, 0.05) is 25.2 Å². The molecule has 2 aromatic rings. The van der Waals surface area contributed by atoms with Gasteiger partial charge in [0.25, 0.3) is 6.01 Å². The number of rotatable bonds is 4. The Kier molecular flexibility index (Phi) is 4.91. The monoisotopic (exact) mass is 369 g/mol. The van der Waals surface area contributed by atoms with Crippen LogP contribution in [0.25, 0.3) is 0 Å². The predicted molar refractivity (Wildman–Crippen MR) is 103 cm³/mol. The number of hydrogen-bond donors (Lipinski definition) is 0. The lowest BCUT2D eigenvalue weighted by molar-refractivity contribution is 0.0519. The molecule has 1 spiro atoms. The van der Waals surface area contributed by atoms with Gasteiger partial charge in [-0.1, -0.05) is 30.3 Å². The third-order valence-corrected chi connectivity index (χ3v) is 6.14. The van der Waals surface area contributed by atoms with Crippen molar-refractivity contribution in [1.29, 1.82) is 0 Å². The van der Waals surface area contributed by atoms with Crippen LogP contribution in [0.2, 0.25) is 0 Å². The fourth-order valence-corrected chi connectivity index (χ4v) is 4.56. The van der Waals surface area contributed by atoms with E-state index in [2.05, 4.69) is 52.2 Å². The van der Waals surface area contributed by atoms with Crippen LogP contribution in [0.15, 0.2) is 41.0 Å². The highest BCUT2D eigenvalue weighted by atomic mass is 16.5. The third-order valence-electron chi connectivity index (χ3n) is 6.14. The number of anilines is 1. The molecule has 0 bridgehead atoms. The van der Waals surface area contributed by atoms with Crippen molar-refractivity contribution in [2.45, 2.75) is 37.6 Å². The largest absolute Gasteiger partial charge is 0.461 e. The number of carbonyl (C=O) groups is 1. The number of likely N-dealkylation sites (N-methyl/N-ethyl adjacent to an activating group) is 1. The van der Waals surface area contributed by atoms with Crippen molar-refractivity contribution in [1.82, 2.24) is 9.88 Å². The molecule has 2 aliphatic heterocycles. The van der Waals surface area contributed by atoms with Gasteiger partial charge in [0.1, 0.15) is 6.26 Å². The van der Waals surface area contributed by atoms with Crippen LogP contribution in [0, 0.1) is 0 Å². The van der Waals surface area contributed by atoms with Crippen LogP contribution < -0.4 is 4.90 Å². The van der Waals surface area contributed by atoms with Crippen molar-refractivity contribution in [3.05, 3.63) is 47.9 Å². The van der Waals surface area contributed by atoms with E-state index in [4.69, 9.17) is 9.15 Å². The Morgan fingerprint density at radius 2 is 2.04 bits per heavy atom. The quantitative estimate of drug-likeness (QED) is 0.771. The first-order valence-corrected chi connectivity index (χ1v) is 9.75. The first-order valence-electron chi connectivity index (χ1n) is 9.75. The lowest BCUT2D eigenvalue weighted by Gasteiger charge is -2.43. The van der Waals surface area contributed by atoms with Gasteiger partial charge < -0.3 is 14.1 Å². The van der Waals surface area contributed by atoms with Gasteiger partial charge in [0.05, 0.1) is 6.61 Å². The number of ether oxygens (including phenoxy) is 1. The van der Waals surface area contributed by atoms with E-state index < -0.39 is 5.97 Å². The van der Waals surface area contributed by atoms with Gasteiger partial charge in [-0.2, -0.15) is 4.98 Å². The molecule has 144 valence electrons. The predicted octanol–water partition coefficient (Wildman–Crippen LogP) is 3.31. The van der Waals surface area contributed by atoms with Crippen molar-refractivity contribution in [2.75, 3.05) is 38.2 Å². The van der Waals surface area contributed by atoms with E-state index in [1.165, 1.54) is 18.2 Å². The Balaban J connectivity index is 1.41. The topological polar surface area (TPSA) is 58.8 Å². The molecule has 27 heavy (non-hydrogen) atoms. The normalized spacial score (nSPS) is 22.3. The Morgan fingerprint density at radius 3 is 2.74 bits per heavy atom. The summed E-state index contributed by atoms with van der Waals surface area (Å²) in [5.41, 5.74) is 1.93. The van der Waals surface area contributed by atoms with Gasteiger partial charge in [0.2, 0.25) is 0 Å². The summed E-state index contributed by atoms with van der Waals surface area (Å²) in [4.78, 5) is 20.8. The number of oxazole rings is 1. The van der Waals surface area contributed by atoms with E-state index >= 15 is 0 Å². The zero-order valence-corrected chi connectivity index (χ0v) is 16.1. The summed E-state index contributed by atoms with van der Waals surface area (Å²) in [7, 11) is 2.25. The fourth-order valence-electron chi connectivity index (χ4n) is 4.56. The zero-order chi connectivity index (χ0) is 18.9. The molecular formula is C21H27N3O3. The van der Waals surface area contributed by atoms with Crippen LogP contribution in [0.3, 0.4) is 0 Å². The summed E-state index contributed by atoms with van der Waals surface area (Å²) in [5.74, 6) is 0.169. The number of nitrogens with zero attached hydrogens (tertiary/aromatic N) is 3. The number of piperidine rings is 1. The van der Waals surface area contributed by atoms with Gasteiger partial charge in [-0.05, 0) is 44.7 Å². The van der Waals surface area contributed by atoms with Crippen LogP contribution >= 0.6 is 0 Å². The van der Waals surface area contributed by atoms with E-state index in [-0.39, 0.29) is 11.2 Å². The molecule has 2 aliphatic rings. The summed E-state index contributed by atoms with van der Waals surface area (Å²) in [6.07, 6.45) is 4.74. The first-order chi connectivity index (χ1) is 13.1. The second-order valence-electron chi connectivity index (χ2n) is 7.64. The average molecular weight is 369 g/mol. The first kappa shape index (κ1) is 18.0. The summed E-state index contributed by atoms with van der Waals surface area (Å²) < 4.78 is 10.5. The standard InChI is InChI=1S/C21H27N3O3/c1-3-26-19(25)18-15-27-20(22-18)24-11-9-21(10-12-24)13-17(14-23(21)2)16-7-5-4-6-8-16/h4-8,15,17H,3,9-14H2,1-2H3/t17-/m0/s1. The molecule has 0 aliphatic carbocycles. The van der Waals surface area contributed by atoms with Crippen LogP contribution in [0.5, 0.6) is 0 Å². The minimum absolute atomic E-state index is 0.244. The molecule has 6 nitrogen and oxygen atoms in total. The average Bonchev–Trinajstić information content (AvgIpc) is 3.30.